The van der Waals surface area contributed by atoms with Gasteiger partial charge in [-0.15, -0.1) is 12.4 Å². The van der Waals surface area contributed by atoms with E-state index in [0.29, 0.717) is 6.42 Å². The molecule has 1 aliphatic carbocycles. The molecule has 0 heterocycles. The van der Waals surface area contributed by atoms with Gasteiger partial charge in [0.15, 0.2) is 0 Å². The van der Waals surface area contributed by atoms with Crippen molar-refractivity contribution in [3.63, 3.8) is 0 Å². The number of hydrogen-bond donors (Lipinski definition) is 2. The number of carbonyl (C=O) groups excluding carboxylic acids is 1. The van der Waals surface area contributed by atoms with E-state index >= 15 is 0 Å². The summed E-state index contributed by atoms with van der Waals surface area (Å²) in [5.74, 6) is 0.184. The molecule has 0 unspecified atom stereocenters. The summed E-state index contributed by atoms with van der Waals surface area (Å²) >= 11 is 0. The molecule has 0 aliphatic heterocycles. The summed E-state index contributed by atoms with van der Waals surface area (Å²) in [6.07, 6.45) is 6.03. The number of carbonyl (C=O) groups is 1. The molecule has 1 aromatic rings. The van der Waals surface area contributed by atoms with E-state index in [1.165, 1.54) is 24.0 Å². The lowest BCUT2D eigenvalue weighted by molar-refractivity contribution is -0.123. The first-order chi connectivity index (χ1) is 9.66. The highest BCUT2D eigenvalue weighted by atomic mass is 35.5. The first-order valence-corrected chi connectivity index (χ1v) is 7.69. The van der Waals surface area contributed by atoms with Gasteiger partial charge >= 0.3 is 0 Å². The predicted molar refractivity (Wildman–Crippen MR) is 89.9 cm³/mol. The number of hydrogen-bond acceptors (Lipinski definition) is 2. The SMILES string of the molecule is CNCCCC(=O)NC1(c2cccc(C)c2)CCCC1.Cl. The van der Waals surface area contributed by atoms with Gasteiger partial charge in [-0.3, -0.25) is 4.79 Å². The molecular weight excluding hydrogens is 284 g/mol. The van der Waals surface area contributed by atoms with Crippen LogP contribution >= 0.6 is 12.4 Å². The van der Waals surface area contributed by atoms with Gasteiger partial charge in [-0.1, -0.05) is 42.7 Å². The second-order valence-corrected chi connectivity index (χ2v) is 5.91. The highest BCUT2D eigenvalue weighted by Crippen LogP contribution is 2.39. The quantitative estimate of drug-likeness (QED) is 0.792. The van der Waals surface area contributed by atoms with Crippen molar-refractivity contribution in [2.45, 2.75) is 51.0 Å². The number of nitrogens with one attached hydrogen (secondary N) is 2. The van der Waals surface area contributed by atoms with E-state index in [-0.39, 0.29) is 23.9 Å². The molecule has 1 amide bonds. The minimum absolute atomic E-state index is 0. The number of benzene rings is 1. The predicted octanol–water partition coefficient (Wildman–Crippen LogP) is 3.30. The van der Waals surface area contributed by atoms with Gasteiger partial charge in [-0.2, -0.15) is 0 Å². The Balaban J connectivity index is 0.00000220. The zero-order chi connectivity index (χ0) is 14.4. The van der Waals surface area contributed by atoms with Crippen molar-refractivity contribution in [2.24, 2.45) is 0 Å². The Bertz CT molecular complexity index is 456. The van der Waals surface area contributed by atoms with E-state index in [4.69, 9.17) is 0 Å². The van der Waals surface area contributed by atoms with Crippen LogP contribution in [-0.2, 0) is 10.3 Å². The van der Waals surface area contributed by atoms with Gasteiger partial charge in [-0.25, -0.2) is 0 Å². The minimum atomic E-state index is -0.122. The minimum Gasteiger partial charge on any atom is -0.347 e. The van der Waals surface area contributed by atoms with Gasteiger partial charge in [0.1, 0.15) is 0 Å². The lowest BCUT2D eigenvalue weighted by atomic mass is 9.87. The Hall–Kier alpha value is -1.06. The first-order valence-electron chi connectivity index (χ1n) is 7.69. The molecule has 0 radical (unpaired) electrons. The Morgan fingerprint density at radius 2 is 2.00 bits per heavy atom. The fraction of sp³-hybridized carbons (Fsp3) is 0.588. The maximum absolute atomic E-state index is 12.2. The normalized spacial score (nSPS) is 16.3. The standard InChI is InChI=1S/C17H26N2O.ClH/c1-14-7-5-8-15(13-14)17(10-3-4-11-17)19-16(20)9-6-12-18-2;/h5,7-8,13,18H,3-4,6,9-12H2,1-2H3,(H,19,20);1H. The molecule has 1 aromatic carbocycles. The molecule has 3 nitrogen and oxygen atoms in total. The van der Waals surface area contributed by atoms with Crippen LogP contribution in [0.15, 0.2) is 24.3 Å². The molecule has 4 heteroatoms. The van der Waals surface area contributed by atoms with Crippen molar-refractivity contribution in [3.8, 4) is 0 Å². The Labute approximate surface area is 134 Å². The summed E-state index contributed by atoms with van der Waals surface area (Å²) in [5, 5.41) is 6.41. The number of amides is 1. The molecular formula is C17H27ClN2O. The maximum atomic E-state index is 12.2. The Morgan fingerprint density at radius 1 is 1.29 bits per heavy atom. The molecule has 2 N–H and O–H groups in total. The fourth-order valence-corrected chi connectivity index (χ4v) is 3.16. The maximum Gasteiger partial charge on any atom is 0.220 e. The van der Waals surface area contributed by atoms with Gasteiger partial charge in [0.05, 0.1) is 5.54 Å². The Morgan fingerprint density at radius 3 is 2.62 bits per heavy atom. The highest BCUT2D eigenvalue weighted by molar-refractivity contribution is 5.85. The van der Waals surface area contributed by atoms with E-state index in [0.717, 1.165) is 25.8 Å². The summed E-state index contributed by atoms with van der Waals surface area (Å²) in [6, 6.07) is 8.59. The molecule has 0 atom stereocenters. The molecule has 1 aliphatic rings. The molecule has 0 saturated heterocycles. The van der Waals surface area contributed by atoms with Crippen LogP contribution in [0.5, 0.6) is 0 Å². The molecule has 1 fully saturated rings. The van der Waals surface area contributed by atoms with Crippen molar-refractivity contribution in [2.75, 3.05) is 13.6 Å². The third-order valence-corrected chi connectivity index (χ3v) is 4.24. The molecule has 2 rings (SSSR count). The van der Waals surface area contributed by atoms with Crippen molar-refractivity contribution in [3.05, 3.63) is 35.4 Å². The second-order valence-electron chi connectivity index (χ2n) is 5.91. The van der Waals surface area contributed by atoms with E-state index in [1.54, 1.807) is 0 Å². The van der Waals surface area contributed by atoms with Gasteiger partial charge < -0.3 is 10.6 Å². The molecule has 21 heavy (non-hydrogen) atoms. The van der Waals surface area contributed by atoms with Crippen molar-refractivity contribution >= 4 is 18.3 Å². The lowest BCUT2D eigenvalue weighted by Gasteiger charge is -2.31. The summed E-state index contributed by atoms with van der Waals surface area (Å²) < 4.78 is 0. The number of aryl methyl sites for hydroxylation is 1. The summed E-state index contributed by atoms with van der Waals surface area (Å²) in [7, 11) is 1.92. The van der Waals surface area contributed by atoms with Crippen molar-refractivity contribution in [1.29, 1.82) is 0 Å². The smallest absolute Gasteiger partial charge is 0.220 e. The van der Waals surface area contributed by atoms with Crippen LogP contribution in [0.1, 0.15) is 49.7 Å². The van der Waals surface area contributed by atoms with Gasteiger partial charge in [0, 0.05) is 6.42 Å². The average molecular weight is 311 g/mol. The monoisotopic (exact) mass is 310 g/mol. The van der Waals surface area contributed by atoms with E-state index in [9.17, 15) is 4.79 Å². The van der Waals surface area contributed by atoms with Crippen LogP contribution < -0.4 is 10.6 Å². The van der Waals surface area contributed by atoms with Gasteiger partial charge in [-0.05, 0) is 45.3 Å². The Kier molecular flexibility index (Phi) is 7.20. The van der Waals surface area contributed by atoms with E-state index in [1.807, 2.05) is 7.05 Å². The fourth-order valence-electron chi connectivity index (χ4n) is 3.16. The number of rotatable bonds is 6. The van der Waals surface area contributed by atoms with E-state index in [2.05, 4.69) is 41.8 Å². The first kappa shape index (κ1) is 18.0. The third-order valence-electron chi connectivity index (χ3n) is 4.24. The zero-order valence-electron chi connectivity index (χ0n) is 13.1. The molecule has 0 bridgehead atoms. The van der Waals surface area contributed by atoms with Crippen LogP contribution in [0.3, 0.4) is 0 Å². The van der Waals surface area contributed by atoms with Crippen molar-refractivity contribution in [1.82, 2.24) is 10.6 Å². The average Bonchev–Trinajstić information content (AvgIpc) is 2.89. The summed E-state index contributed by atoms with van der Waals surface area (Å²) in [6.45, 7) is 3.01. The molecule has 0 spiro atoms. The number of halogens is 1. The van der Waals surface area contributed by atoms with Crippen molar-refractivity contribution < 1.29 is 4.79 Å². The largest absolute Gasteiger partial charge is 0.347 e. The van der Waals surface area contributed by atoms with Crippen LogP contribution in [0.2, 0.25) is 0 Å². The third kappa shape index (κ3) is 4.72. The van der Waals surface area contributed by atoms with Crippen LogP contribution in [-0.4, -0.2) is 19.5 Å². The van der Waals surface area contributed by atoms with Crippen LogP contribution in [0.4, 0.5) is 0 Å². The zero-order valence-corrected chi connectivity index (χ0v) is 13.9. The second kappa shape index (κ2) is 8.40. The molecule has 0 aromatic heterocycles. The van der Waals surface area contributed by atoms with E-state index < -0.39 is 0 Å². The lowest BCUT2D eigenvalue weighted by Crippen LogP contribution is -2.43. The molecule has 1 saturated carbocycles. The highest BCUT2D eigenvalue weighted by Gasteiger charge is 2.36. The van der Waals surface area contributed by atoms with Crippen LogP contribution in [0.25, 0.3) is 0 Å². The van der Waals surface area contributed by atoms with Gasteiger partial charge in [0.2, 0.25) is 5.91 Å². The van der Waals surface area contributed by atoms with Gasteiger partial charge in [0.25, 0.3) is 0 Å². The summed E-state index contributed by atoms with van der Waals surface area (Å²) in [4.78, 5) is 12.2. The topological polar surface area (TPSA) is 41.1 Å². The van der Waals surface area contributed by atoms with Crippen LogP contribution in [0, 0.1) is 6.92 Å². The summed E-state index contributed by atoms with van der Waals surface area (Å²) in [5.41, 5.74) is 2.41. The molecule has 118 valence electrons.